The summed E-state index contributed by atoms with van der Waals surface area (Å²) in [5, 5.41) is 5.54. The Morgan fingerprint density at radius 3 is 2.55 bits per heavy atom. The van der Waals surface area contributed by atoms with Crippen molar-refractivity contribution >= 4 is 68.3 Å². The van der Waals surface area contributed by atoms with Crippen LogP contribution in [-0.4, -0.2) is 29.6 Å². The molecule has 0 unspecified atom stereocenters. The van der Waals surface area contributed by atoms with Crippen molar-refractivity contribution in [3.05, 3.63) is 59.7 Å². The van der Waals surface area contributed by atoms with E-state index in [9.17, 15) is 14.4 Å². The highest BCUT2D eigenvalue weighted by molar-refractivity contribution is 7.14. The zero-order chi connectivity index (χ0) is 22.4. The number of carbonyl (C=O) groups is 1. The maximum atomic E-state index is 12.6. The van der Waals surface area contributed by atoms with Crippen LogP contribution < -0.4 is 16.6 Å². The molecule has 4 aromatic rings. The van der Waals surface area contributed by atoms with Crippen molar-refractivity contribution in [3.63, 3.8) is 0 Å². The summed E-state index contributed by atoms with van der Waals surface area (Å²) in [4.78, 5) is 45.7. The lowest BCUT2D eigenvalue weighted by Gasteiger charge is -2.07. The van der Waals surface area contributed by atoms with E-state index in [-0.39, 0.29) is 23.0 Å². The van der Waals surface area contributed by atoms with Gasteiger partial charge in [-0.05, 0) is 23.7 Å². The van der Waals surface area contributed by atoms with E-state index in [1.807, 2.05) is 0 Å². The number of fused-ring (bicyclic) bond motifs is 1. The highest BCUT2D eigenvalue weighted by atomic mass is 35.5. The molecule has 0 fully saturated rings. The first kappa shape index (κ1) is 21.6. The van der Waals surface area contributed by atoms with Gasteiger partial charge in [-0.15, -0.1) is 11.3 Å². The van der Waals surface area contributed by atoms with Crippen LogP contribution in [0.2, 0.25) is 15.3 Å². The van der Waals surface area contributed by atoms with Crippen LogP contribution >= 0.6 is 46.1 Å². The van der Waals surface area contributed by atoms with Crippen LogP contribution in [0.15, 0.2) is 33.2 Å². The van der Waals surface area contributed by atoms with E-state index in [4.69, 9.17) is 34.8 Å². The number of anilines is 1. The van der Waals surface area contributed by atoms with Gasteiger partial charge in [0.2, 0.25) is 11.2 Å². The minimum Gasteiger partial charge on any atom is -0.300 e. The molecule has 160 valence electrons. The quantitative estimate of drug-likeness (QED) is 0.434. The topological polar surface area (TPSA) is 104 Å². The standard InChI is InChI=1S/C18H13Cl3N6O3S/c1-25-14-13(15(29)26(2)18(25)30)27(16(21)24-14)6-12(28)23-17-22-11(7-31-17)8-3-4-9(19)10(20)5-8/h3-5,7H,6H2,1-2H3,(H,22,23,28). The van der Waals surface area contributed by atoms with Crippen molar-refractivity contribution in [2.24, 2.45) is 14.1 Å². The smallest absolute Gasteiger partial charge is 0.300 e. The molecule has 0 saturated heterocycles. The predicted molar refractivity (Wildman–Crippen MR) is 121 cm³/mol. The summed E-state index contributed by atoms with van der Waals surface area (Å²) in [7, 11) is 2.81. The van der Waals surface area contributed by atoms with Crippen LogP contribution in [0.25, 0.3) is 22.4 Å². The fourth-order valence-corrected chi connectivity index (χ4v) is 4.24. The summed E-state index contributed by atoms with van der Waals surface area (Å²) in [6.45, 7) is -0.287. The number of imidazole rings is 1. The SMILES string of the molecule is Cn1c(=O)c2c(nc(Cl)n2CC(=O)Nc2nc(-c3ccc(Cl)c(Cl)c3)cs2)n(C)c1=O. The molecule has 3 heterocycles. The van der Waals surface area contributed by atoms with Gasteiger partial charge in [-0.2, -0.15) is 4.98 Å². The highest BCUT2D eigenvalue weighted by Gasteiger charge is 2.20. The number of carbonyl (C=O) groups excluding carboxylic acids is 1. The lowest BCUT2D eigenvalue weighted by molar-refractivity contribution is -0.116. The molecule has 0 aliphatic rings. The first-order chi connectivity index (χ1) is 14.7. The monoisotopic (exact) mass is 498 g/mol. The Morgan fingerprint density at radius 1 is 1.10 bits per heavy atom. The number of amides is 1. The highest BCUT2D eigenvalue weighted by Crippen LogP contribution is 2.30. The third-order valence-corrected chi connectivity index (χ3v) is 6.35. The summed E-state index contributed by atoms with van der Waals surface area (Å²) < 4.78 is 3.38. The van der Waals surface area contributed by atoms with Gasteiger partial charge < -0.3 is 5.32 Å². The lowest BCUT2D eigenvalue weighted by atomic mass is 10.2. The fraction of sp³-hybridized carbons (Fsp3) is 0.167. The van der Waals surface area contributed by atoms with Gasteiger partial charge in [0.05, 0.1) is 15.7 Å². The predicted octanol–water partition coefficient (Wildman–Crippen LogP) is 3.16. The number of benzene rings is 1. The number of hydrogen-bond donors (Lipinski definition) is 1. The zero-order valence-electron chi connectivity index (χ0n) is 16.0. The maximum absolute atomic E-state index is 12.6. The number of thiazole rings is 1. The number of halogens is 3. The van der Waals surface area contributed by atoms with Gasteiger partial charge >= 0.3 is 5.69 Å². The number of rotatable bonds is 4. The Hall–Kier alpha value is -2.66. The van der Waals surface area contributed by atoms with Gasteiger partial charge in [0.1, 0.15) is 6.54 Å². The Balaban J connectivity index is 1.60. The van der Waals surface area contributed by atoms with Crippen LogP contribution in [0.5, 0.6) is 0 Å². The van der Waals surface area contributed by atoms with E-state index < -0.39 is 17.2 Å². The van der Waals surface area contributed by atoms with Crippen molar-refractivity contribution in [2.45, 2.75) is 6.54 Å². The molecular formula is C18H13Cl3N6O3S. The second-order valence-electron chi connectivity index (χ2n) is 6.56. The molecule has 3 aromatic heterocycles. The normalized spacial score (nSPS) is 11.3. The molecule has 0 bridgehead atoms. The third kappa shape index (κ3) is 3.87. The fourth-order valence-electron chi connectivity index (χ4n) is 2.99. The van der Waals surface area contributed by atoms with E-state index in [2.05, 4.69) is 15.3 Å². The van der Waals surface area contributed by atoms with Crippen LogP contribution in [-0.2, 0) is 25.4 Å². The van der Waals surface area contributed by atoms with E-state index in [1.54, 1.807) is 23.6 Å². The third-order valence-electron chi connectivity index (χ3n) is 4.57. The molecule has 1 aromatic carbocycles. The average molecular weight is 500 g/mol. The second-order valence-corrected chi connectivity index (χ2v) is 8.57. The van der Waals surface area contributed by atoms with Gasteiger partial charge in [-0.3, -0.25) is 23.3 Å². The van der Waals surface area contributed by atoms with Crippen LogP contribution in [0.1, 0.15) is 0 Å². The number of hydrogen-bond acceptors (Lipinski definition) is 6. The summed E-state index contributed by atoms with van der Waals surface area (Å²) in [5.74, 6) is -0.466. The van der Waals surface area contributed by atoms with Crippen molar-refractivity contribution in [1.29, 1.82) is 0 Å². The van der Waals surface area contributed by atoms with Crippen LogP contribution in [0, 0.1) is 0 Å². The summed E-state index contributed by atoms with van der Waals surface area (Å²) in [6.07, 6.45) is 0. The lowest BCUT2D eigenvalue weighted by Crippen LogP contribution is -2.37. The summed E-state index contributed by atoms with van der Waals surface area (Å²) >= 11 is 19.4. The Labute approximate surface area is 193 Å². The molecule has 0 radical (unpaired) electrons. The molecule has 0 atom stereocenters. The molecule has 1 N–H and O–H groups in total. The van der Waals surface area contributed by atoms with Crippen LogP contribution in [0.4, 0.5) is 5.13 Å². The Kier molecular flexibility index (Phi) is 5.65. The van der Waals surface area contributed by atoms with Crippen molar-refractivity contribution < 1.29 is 4.79 Å². The first-order valence-corrected chi connectivity index (χ1v) is 10.7. The zero-order valence-corrected chi connectivity index (χ0v) is 19.1. The van der Waals surface area contributed by atoms with Gasteiger partial charge in [0.15, 0.2) is 16.3 Å². The van der Waals surface area contributed by atoms with Crippen LogP contribution in [0.3, 0.4) is 0 Å². The van der Waals surface area contributed by atoms with Crippen molar-refractivity contribution in [1.82, 2.24) is 23.7 Å². The molecule has 13 heteroatoms. The molecule has 31 heavy (non-hydrogen) atoms. The second kappa shape index (κ2) is 8.12. The van der Waals surface area contributed by atoms with Gasteiger partial charge in [0, 0.05) is 25.0 Å². The van der Waals surface area contributed by atoms with Crippen molar-refractivity contribution in [2.75, 3.05) is 5.32 Å². The molecule has 1 amide bonds. The summed E-state index contributed by atoms with van der Waals surface area (Å²) in [6, 6.07) is 5.12. The number of aromatic nitrogens is 5. The van der Waals surface area contributed by atoms with E-state index in [0.717, 1.165) is 10.1 Å². The largest absolute Gasteiger partial charge is 0.332 e. The minimum absolute atomic E-state index is 0.0559. The van der Waals surface area contributed by atoms with Crippen molar-refractivity contribution in [3.8, 4) is 11.3 Å². The number of nitrogens with one attached hydrogen (secondary N) is 1. The molecule has 9 nitrogen and oxygen atoms in total. The number of aryl methyl sites for hydroxylation is 1. The maximum Gasteiger partial charge on any atom is 0.332 e. The molecular weight excluding hydrogens is 487 g/mol. The van der Waals surface area contributed by atoms with E-state index in [1.165, 1.54) is 34.6 Å². The van der Waals surface area contributed by atoms with Gasteiger partial charge in [-0.1, -0.05) is 29.3 Å². The molecule has 0 saturated carbocycles. The Morgan fingerprint density at radius 2 is 1.84 bits per heavy atom. The van der Waals surface area contributed by atoms with Gasteiger partial charge in [-0.25, -0.2) is 9.78 Å². The number of nitrogens with zero attached hydrogens (tertiary/aromatic N) is 5. The molecule has 0 spiro atoms. The summed E-state index contributed by atoms with van der Waals surface area (Å²) in [5.41, 5.74) is 0.387. The Bertz CT molecular complexity index is 1470. The molecule has 0 aliphatic carbocycles. The first-order valence-electron chi connectivity index (χ1n) is 8.70. The average Bonchev–Trinajstić information content (AvgIpc) is 3.32. The molecule has 0 aliphatic heterocycles. The van der Waals surface area contributed by atoms with Gasteiger partial charge in [0.25, 0.3) is 5.56 Å². The van der Waals surface area contributed by atoms with E-state index >= 15 is 0 Å². The molecule has 4 rings (SSSR count). The van der Waals surface area contributed by atoms with E-state index in [0.29, 0.717) is 20.9 Å². The minimum atomic E-state index is -0.596.